The SMILES string of the molecule is C#Cc1ccc(-n2c(/C=C/c3cc(OC)c(C)c(OC)c3)nc3ncccc3c2=O)cc1. The van der Waals surface area contributed by atoms with Gasteiger partial charge in [-0.2, -0.15) is 0 Å². The predicted octanol–water partition coefficient (Wildman–Crippen LogP) is 4.26. The van der Waals surface area contributed by atoms with Crippen LogP contribution in [0.3, 0.4) is 0 Å². The number of hydrogen-bond donors (Lipinski definition) is 0. The Labute approximate surface area is 185 Å². The Kier molecular flexibility index (Phi) is 5.73. The number of methoxy groups -OCH3 is 2. The number of nitrogens with zero attached hydrogens (tertiary/aromatic N) is 3. The molecule has 6 nitrogen and oxygen atoms in total. The standard InChI is InChI=1S/C26H21N3O3/c1-5-18-8-11-20(12-9-18)29-24(28-25-21(26(29)30)7-6-14-27-25)13-10-19-15-22(31-3)17(2)23(16-19)32-4/h1,6-16H,2-4H3/b13-10+. The molecule has 0 N–H and O–H groups in total. The lowest BCUT2D eigenvalue weighted by molar-refractivity contribution is 0.388. The molecular weight excluding hydrogens is 402 g/mol. The number of benzene rings is 2. The van der Waals surface area contributed by atoms with Crippen molar-refractivity contribution in [2.24, 2.45) is 0 Å². The molecule has 0 unspecified atom stereocenters. The van der Waals surface area contributed by atoms with Crippen LogP contribution in [0.1, 0.15) is 22.5 Å². The molecule has 2 heterocycles. The molecule has 0 spiro atoms. The highest BCUT2D eigenvalue weighted by Gasteiger charge is 2.12. The van der Waals surface area contributed by atoms with Crippen LogP contribution in [0.2, 0.25) is 0 Å². The van der Waals surface area contributed by atoms with Gasteiger partial charge in [0, 0.05) is 17.3 Å². The number of fused-ring (bicyclic) bond motifs is 1. The summed E-state index contributed by atoms with van der Waals surface area (Å²) in [7, 11) is 3.23. The van der Waals surface area contributed by atoms with Gasteiger partial charge >= 0.3 is 0 Å². The largest absolute Gasteiger partial charge is 0.496 e. The van der Waals surface area contributed by atoms with Crippen LogP contribution in [0.15, 0.2) is 59.5 Å². The van der Waals surface area contributed by atoms with E-state index >= 15 is 0 Å². The lowest BCUT2D eigenvalue weighted by atomic mass is 10.1. The fraction of sp³-hybridized carbons (Fsp3) is 0.115. The Balaban J connectivity index is 1.90. The van der Waals surface area contributed by atoms with E-state index in [0.717, 1.165) is 16.7 Å². The van der Waals surface area contributed by atoms with Crippen molar-refractivity contribution < 1.29 is 9.47 Å². The molecule has 32 heavy (non-hydrogen) atoms. The van der Waals surface area contributed by atoms with Gasteiger partial charge in [-0.1, -0.05) is 12.0 Å². The molecule has 0 bridgehead atoms. The molecule has 158 valence electrons. The van der Waals surface area contributed by atoms with E-state index in [2.05, 4.69) is 15.9 Å². The number of aromatic nitrogens is 3. The summed E-state index contributed by atoms with van der Waals surface area (Å²) in [4.78, 5) is 22.2. The van der Waals surface area contributed by atoms with E-state index in [1.807, 2.05) is 25.1 Å². The summed E-state index contributed by atoms with van der Waals surface area (Å²) >= 11 is 0. The molecular formula is C26H21N3O3. The van der Waals surface area contributed by atoms with Crippen LogP contribution in [0.5, 0.6) is 11.5 Å². The summed E-state index contributed by atoms with van der Waals surface area (Å²) in [6.07, 6.45) is 10.7. The molecule has 2 aromatic heterocycles. The first-order chi connectivity index (χ1) is 15.5. The lowest BCUT2D eigenvalue weighted by Gasteiger charge is -2.12. The summed E-state index contributed by atoms with van der Waals surface area (Å²) in [5.74, 6) is 4.44. The third-order valence-electron chi connectivity index (χ3n) is 5.16. The molecule has 0 aliphatic carbocycles. The van der Waals surface area contributed by atoms with Gasteiger partial charge < -0.3 is 9.47 Å². The first kappa shape index (κ1) is 20.9. The van der Waals surface area contributed by atoms with Gasteiger partial charge in [-0.3, -0.25) is 9.36 Å². The quantitative estimate of drug-likeness (QED) is 0.449. The second kappa shape index (κ2) is 8.78. The maximum absolute atomic E-state index is 13.3. The highest BCUT2D eigenvalue weighted by molar-refractivity contribution is 5.77. The molecule has 0 radical (unpaired) electrons. The van der Waals surface area contributed by atoms with Gasteiger partial charge in [-0.25, -0.2) is 9.97 Å². The molecule has 0 fully saturated rings. The fourth-order valence-electron chi connectivity index (χ4n) is 3.48. The van der Waals surface area contributed by atoms with Gasteiger partial charge in [0.05, 0.1) is 25.3 Å². The summed E-state index contributed by atoms with van der Waals surface area (Å²) in [6, 6.07) is 14.4. The van der Waals surface area contributed by atoms with Crippen LogP contribution in [-0.2, 0) is 0 Å². The number of ether oxygens (including phenoxy) is 2. The van der Waals surface area contributed by atoms with Crippen LogP contribution in [-0.4, -0.2) is 28.8 Å². The highest BCUT2D eigenvalue weighted by atomic mass is 16.5. The first-order valence-corrected chi connectivity index (χ1v) is 9.91. The van der Waals surface area contributed by atoms with E-state index < -0.39 is 0 Å². The zero-order valence-electron chi connectivity index (χ0n) is 18.0. The van der Waals surface area contributed by atoms with Gasteiger partial charge in [0.1, 0.15) is 17.3 Å². The van der Waals surface area contributed by atoms with Crippen molar-refractivity contribution >= 4 is 23.2 Å². The third kappa shape index (κ3) is 3.84. The van der Waals surface area contributed by atoms with Crippen molar-refractivity contribution in [3.05, 3.63) is 87.6 Å². The molecule has 0 saturated carbocycles. The fourth-order valence-corrected chi connectivity index (χ4v) is 3.48. The maximum atomic E-state index is 13.3. The molecule has 0 aliphatic rings. The Morgan fingerprint density at radius 3 is 2.34 bits per heavy atom. The zero-order valence-corrected chi connectivity index (χ0v) is 18.0. The molecule has 0 atom stereocenters. The van der Waals surface area contributed by atoms with E-state index in [4.69, 9.17) is 15.9 Å². The number of pyridine rings is 1. The van der Waals surface area contributed by atoms with Gasteiger partial charge in [-0.15, -0.1) is 6.42 Å². The number of hydrogen-bond acceptors (Lipinski definition) is 5. The number of rotatable bonds is 5. The van der Waals surface area contributed by atoms with Crippen LogP contribution in [0.25, 0.3) is 28.9 Å². The van der Waals surface area contributed by atoms with Crippen molar-refractivity contribution in [1.82, 2.24) is 14.5 Å². The average molecular weight is 423 g/mol. The minimum atomic E-state index is -0.213. The summed E-state index contributed by atoms with van der Waals surface area (Å²) < 4.78 is 12.5. The van der Waals surface area contributed by atoms with Crippen LogP contribution in [0, 0.1) is 19.3 Å². The summed E-state index contributed by atoms with van der Waals surface area (Å²) in [5.41, 5.74) is 3.31. The number of terminal acetylenes is 1. The molecule has 4 aromatic rings. The Hall–Kier alpha value is -4.37. The summed E-state index contributed by atoms with van der Waals surface area (Å²) in [6.45, 7) is 1.93. The first-order valence-electron chi connectivity index (χ1n) is 9.91. The van der Waals surface area contributed by atoms with Gasteiger partial charge in [0.15, 0.2) is 5.65 Å². The monoisotopic (exact) mass is 423 g/mol. The Morgan fingerprint density at radius 2 is 1.72 bits per heavy atom. The molecule has 6 heteroatoms. The molecule has 4 rings (SSSR count). The highest BCUT2D eigenvalue weighted by Crippen LogP contribution is 2.30. The molecule has 0 amide bonds. The second-order valence-electron chi connectivity index (χ2n) is 7.06. The third-order valence-corrected chi connectivity index (χ3v) is 5.16. The normalized spacial score (nSPS) is 10.9. The van der Waals surface area contributed by atoms with Crippen molar-refractivity contribution in [2.75, 3.05) is 14.2 Å². The van der Waals surface area contributed by atoms with Crippen molar-refractivity contribution in [1.29, 1.82) is 0 Å². The topological polar surface area (TPSA) is 66.2 Å². The molecule has 2 aromatic carbocycles. The molecule has 0 aliphatic heterocycles. The minimum Gasteiger partial charge on any atom is -0.496 e. The van der Waals surface area contributed by atoms with E-state index in [0.29, 0.717) is 34.0 Å². The predicted molar refractivity (Wildman–Crippen MR) is 126 cm³/mol. The average Bonchev–Trinajstić information content (AvgIpc) is 2.83. The Bertz CT molecular complexity index is 1400. The van der Waals surface area contributed by atoms with E-state index in [-0.39, 0.29) is 5.56 Å². The van der Waals surface area contributed by atoms with Crippen molar-refractivity contribution in [3.8, 4) is 29.5 Å². The van der Waals surface area contributed by atoms with E-state index in [9.17, 15) is 4.79 Å². The summed E-state index contributed by atoms with van der Waals surface area (Å²) in [5, 5.41) is 0.435. The van der Waals surface area contributed by atoms with E-state index in [1.54, 1.807) is 67.5 Å². The van der Waals surface area contributed by atoms with Crippen LogP contribution >= 0.6 is 0 Å². The van der Waals surface area contributed by atoms with Gasteiger partial charge in [-0.05, 0) is 67.1 Å². The van der Waals surface area contributed by atoms with Crippen LogP contribution < -0.4 is 15.0 Å². The van der Waals surface area contributed by atoms with Gasteiger partial charge in [0.2, 0.25) is 0 Å². The minimum absolute atomic E-state index is 0.213. The molecule has 0 saturated heterocycles. The van der Waals surface area contributed by atoms with Crippen molar-refractivity contribution in [3.63, 3.8) is 0 Å². The zero-order chi connectivity index (χ0) is 22.7. The van der Waals surface area contributed by atoms with E-state index in [1.165, 1.54) is 0 Å². The Morgan fingerprint density at radius 1 is 1.03 bits per heavy atom. The smallest absolute Gasteiger partial charge is 0.267 e. The lowest BCUT2D eigenvalue weighted by Crippen LogP contribution is -2.22. The maximum Gasteiger partial charge on any atom is 0.267 e. The van der Waals surface area contributed by atoms with Crippen molar-refractivity contribution in [2.45, 2.75) is 6.92 Å². The van der Waals surface area contributed by atoms with Crippen LogP contribution in [0.4, 0.5) is 0 Å². The second-order valence-corrected chi connectivity index (χ2v) is 7.06. The van der Waals surface area contributed by atoms with Gasteiger partial charge in [0.25, 0.3) is 5.56 Å².